The molecule has 6 nitrogen and oxygen atoms in total. The summed E-state index contributed by atoms with van der Waals surface area (Å²) in [5.41, 5.74) is 16.6. The van der Waals surface area contributed by atoms with Gasteiger partial charge in [0.25, 0.3) is 0 Å². The summed E-state index contributed by atoms with van der Waals surface area (Å²) in [5, 5.41) is 0. The van der Waals surface area contributed by atoms with Gasteiger partial charge in [0.1, 0.15) is 0 Å². The summed E-state index contributed by atoms with van der Waals surface area (Å²) < 4.78 is 11.3. The maximum Gasteiger partial charge on any atom is 0.327 e. The zero-order valence-corrected chi connectivity index (χ0v) is 14.1. The second-order valence-corrected chi connectivity index (χ2v) is 7.40. The Morgan fingerprint density at radius 1 is 0.957 bits per heavy atom. The maximum atomic E-state index is 11.3. The van der Waals surface area contributed by atoms with Crippen molar-refractivity contribution >= 4 is 30.3 Å². The van der Waals surface area contributed by atoms with Crippen LogP contribution in [-0.2, 0) is 4.57 Å². The van der Waals surface area contributed by atoms with E-state index in [1.54, 1.807) is 12.1 Å². The summed E-state index contributed by atoms with van der Waals surface area (Å²) >= 11 is 0. The molecule has 0 aromatic heterocycles. The summed E-state index contributed by atoms with van der Waals surface area (Å²) in [4.78, 5) is 20.2. The molecule has 0 amide bonds. The average molecular weight is 335 g/mol. The van der Waals surface area contributed by atoms with Crippen LogP contribution in [0.3, 0.4) is 0 Å². The highest BCUT2D eigenvalue weighted by molar-refractivity contribution is 7.51. The Labute approximate surface area is 135 Å². The third-order valence-electron chi connectivity index (χ3n) is 3.76. The molecule has 6 N–H and O–H groups in total. The van der Waals surface area contributed by atoms with E-state index in [0.717, 1.165) is 22.5 Å². The number of nitrogen functional groups attached to an aromatic ring is 2. The highest BCUT2D eigenvalue weighted by atomic mass is 31.2. The number of nitrogens with zero attached hydrogens (tertiary/aromatic N) is 1. The van der Waals surface area contributed by atoms with Crippen LogP contribution in [0.25, 0.3) is 0 Å². The molecule has 0 heterocycles. The smallest absolute Gasteiger partial charge is 0.327 e. The van der Waals surface area contributed by atoms with Gasteiger partial charge >= 0.3 is 7.60 Å². The second-order valence-electron chi connectivity index (χ2n) is 5.62. The van der Waals surface area contributed by atoms with Crippen LogP contribution in [0.4, 0.5) is 22.7 Å². The van der Waals surface area contributed by atoms with Crippen molar-refractivity contribution in [1.29, 1.82) is 0 Å². The molecule has 124 valence electrons. The first kappa shape index (κ1) is 17.3. The lowest BCUT2D eigenvalue weighted by atomic mass is 10.1. The van der Waals surface area contributed by atoms with Gasteiger partial charge in [0.05, 0.1) is 6.16 Å². The molecule has 2 rings (SSSR count). The first-order chi connectivity index (χ1) is 10.7. The lowest BCUT2D eigenvalue weighted by Crippen LogP contribution is -2.21. The fourth-order valence-corrected chi connectivity index (χ4v) is 2.69. The average Bonchev–Trinajstić information content (AvgIpc) is 2.45. The van der Waals surface area contributed by atoms with Crippen molar-refractivity contribution in [3.63, 3.8) is 0 Å². The monoisotopic (exact) mass is 335 g/mol. The van der Waals surface area contributed by atoms with Crippen LogP contribution in [0, 0.1) is 13.8 Å². The Kier molecular flexibility index (Phi) is 5.00. The lowest BCUT2D eigenvalue weighted by Gasteiger charge is -2.26. The van der Waals surface area contributed by atoms with Crippen molar-refractivity contribution in [3.8, 4) is 0 Å². The first-order valence-corrected chi connectivity index (χ1v) is 9.01. The van der Waals surface area contributed by atoms with E-state index in [1.807, 2.05) is 43.0 Å². The van der Waals surface area contributed by atoms with Crippen LogP contribution in [0.15, 0.2) is 36.4 Å². The predicted molar refractivity (Wildman–Crippen MR) is 95.1 cm³/mol. The normalized spacial score (nSPS) is 11.5. The molecule has 0 saturated carbocycles. The molecule has 2 aromatic carbocycles. The van der Waals surface area contributed by atoms with Gasteiger partial charge in [-0.25, -0.2) is 0 Å². The van der Waals surface area contributed by atoms with E-state index in [1.165, 1.54) is 0 Å². The first-order valence-electron chi connectivity index (χ1n) is 7.22. The highest BCUT2D eigenvalue weighted by Gasteiger charge is 2.18. The molecule has 0 saturated heterocycles. The van der Waals surface area contributed by atoms with Gasteiger partial charge in [0, 0.05) is 29.3 Å². The van der Waals surface area contributed by atoms with Crippen LogP contribution in [0.2, 0.25) is 0 Å². The Balaban J connectivity index is 2.43. The molecule has 0 aliphatic heterocycles. The fourth-order valence-electron chi connectivity index (χ4n) is 2.23. The van der Waals surface area contributed by atoms with Crippen molar-refractivity contribution in [2.45, 2.75) is 13.8 Å². The minimum atomic E-state index is -4.11. The van der Waals surface area contributed by atoms with E-state index in [4.69, 9.17) is 11.5 Å². The molecule has 7 heteroatoms. The van der Waals surface area contributed by atoms with Crippen molar-refractivity contribution in [1.82, 2.24) is 0 Å². The minimum Gasteiger partial charge on any atom is -0.398 e. The van der Waals surface area contributed by atoms with Crippen LogP contribution < -0.4 is 16.4 Å². The predicted octanol–water partition coefficient (Wildman–Crippen LogP) is 2.78. The molecule has 0 atom stereocenters. The van der Waals surface area contributed by atoms with Gasteiger partial charge in [0.2, 0.25) is 0 Å². The van der Waals surface area contributed by atoms with Gasteiger partial charge < -0.3 is 26.2 Å². The van der Waals surface area contributed by atoms with Gasteiger partial charge in [-0.2, -0.15) is 0 Å². The number of benzene rings is 2. The van der Waals surface area contributed by atoms with Crippen molar-refractivity contribution in [2.24, 2.45) is 0 Å². The Morgan fingerprint density at radius 2 is 1.39 bits per heavy atom. The van der Waals surface area contributed by atoms with Crippen LogP contribution in [0.1, 0.15) is 11.1 Å². The number of hydrogen-bond donors (Lipinski definition) is 4. The van der Waals surface area contributed by atoms with Crippen molar-refractivity contribution < 1.29 is 14.4 Å². The van der Waals surface area contributed by atoms with E-state index < -0.39 is 7.60 Å². The summed E-state index contributed by atoms with van der Waals surface area (Å²) in [6.45, 7) is 3.97. The minimum absolute atomic E-state index is 0.162. The molecule has 0 aliphatic carbocycles. The molecular weight excluding hydrogens is 313 g/mol. The summed E-state index contributed by atoms with van der Waals surface area (Å²) in [6.07, 6.45) is -0.255. The molecule has 0 spiro atoms. The van der Waals surface area contributed by atoms with E-state index in [2.05, 4.69) is 0 Å². The van der Waals surface area contributed by atoms with Crippen molar-refractivity contribution in [3.05, 3.63) is 47.5 Å². The summed E-state index contributed by atoms with van der Waals surface area (Å²) in [7, 11) is -4.11. The van der Waals surface area contributed by atoms with Gasteiger partial charge in [-0.3, -0.25) is 4.57 Å². The molecule has 0 unspecified atom stereocenters. The Bertz CT molecular complexity index is 707. The highest BCUT2D eigenvalue weighted by Crippen LogP contribution is 2.37. The zero-order valence-electron chi connectivity index (χ0n) is 13.2. The standard InChI is InChI=1S/C16H22N3O3P/c1-11-3-5-13(9-15(11)17)19(7-8-23(20,21)22)14-6-4-12(2)16(18)10-14/h3-6,9-10H,7-8,17-18H2,1-2H3,(H2,20,21,22). The van der Waals surface area contributed by atoms with E-state index >= 15 is 0 Å². The molecule has 0 radical (unpaired) electrons. The molecular formula is C16H22N3O3P. The maximum absolute atomic E-state index is 11.3. The topological polar surface area (TPSA) is 113 Å². The summed E-state index contributed by atoms with van der Waals surface area (Å²) in [6, 6.07) is 11.1. The lowest BCUT2D eigenvalue weighted by molar-refractivity contribution is 0.373. The number of hydrogen-bond acceptors (Lipinski definition) is 4. The third-order valence-corrected chi connectivity index (χ3v) is 4.55. The van der Waals surface area contributed by atoms with Crippen LogP contribution in [0.5, 0.6) is 0 Å². The fraction of sp³-hybridized carbons (Fsp3) is 0.250. The molecule has 23 heavy (non-hydrogen) atoms. The number of rotatable bonds is 5. The quantitative estimate of drug-likeness (QED) is 0.494. The van der Waals surface area contributed by atoms with Gasteiger partial charge in [0.15, 0.2) is 0 Å². The Morgan fingerprint density at radius 3 is 1.74 bits per heavy atom. The third kappa shape index (κ3) is 4.48. The largest absolute Gasteiger partial charge is 0.398 e. The van der Waals surface area contributed by atoms with Gasteiger partial charge in [-0.05, 0) is 49.2 Å². The zero-order chi connectivity index (χ0) is 17.2. The van der Waals surface area contributed by atoms with E-state index in [0.29, 0.717) is 11.4 Å². The van der Waals surface area contributed by atoms with Gasteiger partial charge in [-0.15, -0.1) is 0 Å². The van der Waals surface area contributed by atoms with Crippen molar-refractivity contribution in [2.75, 3.05) is 29.1 Å². The number of anilines is 4. The molecule has 0 fully saturated rings. The van der Waals surface area contributed by atoms with Crippen LogP contribution in [-0.4, -0.2) is 22.5 Å². The van der Waals surface area contributed by atoms with E-state index in [-0.39, 0.29) is 12.7 Å². The molecule has 0 bridgehead atoms. The molecule has 0 aliphatic rings. The Hall–Kier alpha value is -2.01. The van der Waals surface area contributed by atoms with Gasteiger partial charge in [-0.1, -0.05) is 12.1 Å². The molecule has 2 aromatic rings. The number of nitrogens with two attached hydrogens (primary N) is 2. The SMILES string of the molecule is Cc1ccc(N(CCP(=O)(O)O)c2ccc(C)c(N)c2)cc1N. The van der Waals surface area contributed by atoms with Crippen LogP contribution >= 0.6 is 7.60 Å². The summed E-state index contributed by atoms with van der Waals surface area (Å²) in [5.74, 6) is 0. The second kappa shape index (κ2) is 6.62. The van der Waals surface area contributed by atoms with E-state index in [9.17, 15) is 14.4 Å². The number of aryl methyl sites for hydroxylation is 2.